The summed E-state index contributed by atoms with van der Waals surface area (Å²) < 4.78 is 5.28. The fourth-order valence-electron chi connectivity index (χ4n) is 3.82. The quantitative estimate of drug-likeness (QED) is 0.325. The Hall–Kier alpha value is -3.51. The number of thiol groups is 1. The Morgan fingerprint density at radius 3 is 2.16 bits per heavy atom. The van der Waals surface area contributed by atoms with Gasteiger partial charge in [-0.3, -0.25) is 9.59 Å². The minimum Gasteiger partial charge on any atom is -0.444 e. The second-order valence-corrected chi connectivity index (χ2v) is 10.1. The van der Waals surface area contributed by atoms with Gasteiger partial charge >= 0.3 is 6.09 Å². The Kier molecular flexibility index (Phi) is 10.6. The summed E-state index contributed by atoms with van der Waals surface area (Å²) in [6, 6.07) is 12.7. The SMILES string of the molecule is CCc1ccc(C(C(=O)Nc2c(C)cccc2C)N(CC#N)C(=O)C(CS)NC(=O)OC(C)(C)C)cc1. The number of carbonyl (C=O) groups is 3. The second-order valence-electron chi connectivity index (χ2n) is 9.76. The average Bonchev–Trinajstić information content (AvgIpc) is 2.83. The Labute approximate surface area is 224 Å². The molecule has 0 aromatic heterocycles. The van der Waals surface area contributed by atoms with Gasteiger partial charge in [-0.05, 0) is 63.3 Å². The number of carbonyl (C=O) groups excluding carboxylic acids is 3. The first-order valence-electron chi connectivity index (χ1n) is 12.2. The summed E-state index contributed by atoms with van der Waals surface area (Å²) in [5.41, 5.74) is 3.22. The zero-order valence-corrected chi connectivity index (χ0v) is 23.2. The number of amides is 3. The van der Waals surface area contributed by atoms with Gasteiger partial charge in [-0.2, -0.15) is 17.9 Å². The fourth-order valence-corrected chi connectivity index (χ4v) is 4.07. The number of ether oxygens (including phenoxy) is 1. The van der Waals surface area contributed by atoms with Crippen LogP contribution in [0.2, 0.25) is 0 Å². The van der Waals surface area contributed by atoms with Gasteiger partial charge in [0.1, 0.15) is 24.2 Å². The van der Waals surface area contributed by atoms with Gasteiger partial charge < -0.3 is 20.3 Å². The summed E-state index contributed by atoms with van der Waals surface area (Å²) in [6.07, 6.45) is 0.0164. The van der Waals surface area contributed by atoms with E-state index in [1.807, 2.05) is 57.2 Å². The van der Waals surface area contributed by atoms with E-state index in [2.05, 4.69) is 23.3 Å². The largest absolute Gasteiger partial charge is 0.444 e. The Balaban J connectivity index is 2.50. The predicted molar refractivity (Wildman–Crippen MR) is 147 cm³/mol. The number of anilines is 1. The topological polar surface area (TPSA) is 112 Å². The number of hydrogen-bond acceptors (Lipinski definition) is 6. The molecule has 0 aliphatic rings. The number of hydrogen-bond donors (Lipinski definition) is 3. The van der Waals surface area contributed by atoms with Crippen molar-refractivity contribution in [3.63, 3.8) is 0 Å². The maximum absolute atomic E-state index is 13.8. The molecule has 0 aliphatic carbocycles. The molecule has 0 bridgehead atoms. The first-order valence-corrected chi connectivity index (χ1v) is 12.8. The Bertz CT molecular complexity index is 1130. The van der Waals surface area contributed by atoms with E-state index in [4.69, 9.17) is 4.74 Å². The predicted octanol–water partition coefficient (Wildman–Crippen LogP) is 4.72. The van der Waals surface area contributed by atoms with Crippen LogP contribution in [0.3, 0.4) is 0 Å². The van der Waals surface area contributed by atoms with Gasteiger partial charge in [0.05, 0.1) is 6.07 Å². The van der Waals surface area contributed by atoms with Crippen LogP contribution in [-0.4, -0.2) is 46.7 Å². The lowest BCUT2D eigenvalue weighted by Gasteiger charge is -2.32. The normalized spacial score (nSPS) is 12.6. The fraction of sp³-hybridized carbons (Fsp3) is 0.429. The second kappa shape index (κ2) is 13.2. The third kappa shape index (κ3) is 8.25. The molecule has 0 saturated carbocycles. The summed E-state index contributed by atoms with van der Waals surface area (Å²) >= 11 is 4.24. The molecule has 0 heterocycles. The number of para-hydroxylation sites is 1. The first-order chi connectivity index (χ1) is 17.4. The zero-order chi connectivity index (χ0) is 27.8. The standard InChI is InChI=1S/C28H36N4O4S/c1-7-20-11-13-21(14-12-20)24(25(33)31-23-18(2)9-8-10-19(23)3)32(16-15-29)26(34)22(17-37)30-27(35)36-28(4,5)6/h8-14,22,24,37H,7,16-17H2,1-6H3,(H,30,35)(H,31,33). The Morgan fingerprint density at radius 1 is 1.08 bits per heavy atom. The molecule has 0 fully saturated rings. The molecule has 3 amide bonds. The lowest BCUT2D eigenvalue weighted by Crippen LogP contribution is -2.53. The minimum atomic E-state index is -1.13. The van der Waals surface area contributed by atoms with Crippen molar-refractivity contribution in [2.24, 2.45) is 0 Å². The third-order valence-corrected chi connectivity index (χ3v) is 6.05. The molecule has 2 atom stereocenters. The minimum absolute atomic E-state index is 0.0555. The van der Waals surface area contributed by atoms with E-state index in [-0.39, 0.29) is 12.3 Å². The van der Waals surface area contributed by atoms with Crippen molar-refractivity contribution in [3.8, 4) is 6.07 Å². The number of alkyl carbamates (subject to hydrolysis) is 1. The van der Waals surface area contributed by atoms with Crippen LogP contribution in [0.15, 0.2) is 42.5 Å². The highest BCUT2D eigenvalue weighted by molar-refractivity contribution is 7.80. The average molecular weight is 525 g/mol. The number of nitrogens with zero attached hydrogens (tertiary/aromatic N) is 2. The van der Waals surface area contributed by atoms with E-state index in [9.17, 15) is 19.6 Å². The van der Waals surface area contributed by atoms with Crippen molar-refractivity contribution in [1.29, 1.82) is 5.26 Å². The van der Waals surface area contributed by atoms with Gasteiger partial charge in [0, 0.05) is 11.4 Å². The first kappa shape index (κ1) is 29.7. The van der Waals surface area contributed by atoms with Crippen LogP contribution in [-0.2, 0) is 20.7 Å². The molecule has 37 heavy (non-hydrogen) atoms. The van der Waals surface area contributed by atoms with E-state index in [0.29, 0.717) is 11.3 Å². The number of nitrogens with one attached hydrogen (secondary N) is 2. The highest BCUT2D eigenvalue weighted by Gasteiger charge is 2.36. The lowest BCUT2D eigenvalue weighted by atomic mass is 10.00. The number of rotatable bonds is 9. The van der Waals surface area contributed by atoms with Crippen LogP contribution >= 0.6 is 12.6 Å². The van der Waals surface area contributed by atoms with E-state index in [0.717, 1.165) is 23.1 Å². The van der Waals surface area contributed by atoms with Gasteiger partial charge in [-0.15, -0.1) is 0 Å². The molecule has 0 aliphatic heterocycles. The van der Waals surface area contributed by atoms with Gasteiger partial charge in [0.2, 0.25) is 5.91 Å². The molecule has 2 N–H and O–H groups in total. The lowest BCUT2D eigenvalue weighted by molar-refractivity contribution is -0.139. The highest BCUT2D eigenvalue weighted by Crippen LogP contribution is 2.27. The molecule has 2 rings (SSSR count). The van der Waals surface area contributed by atoms with Crippen molar-refractivity contribution in [3.05, 3.63) is 64.7 Å². The maximum Gasteiger partial charge on any atom is 0.408 e. The van der Waals surface area contributed by atoms with Crippen LogP contribution in [0, 0.1) is 25.2 Å². The van der Waals surface area contributed by atoms with Crippen molar-refractivity contribution < 1.29 is 19.1 Å². The Morgan fingerprint density at radius 2 is 1.68 bits per heavy atom. The van der Waals surface area contributed by atoms with Crippen molar-refractivity contribution >= 4 is 36.2 Å². The molecular weight excluding hydrogens is 488 g/mol. The maximum atomic E-state index is 13.8. The smallest absolute Gasteiger partial charge is 0.408 e. The number of nitriles is 1. The van der Waals surface area contributed by atoms with Crippen LogP contribution < -0.4 is 10.6 Å². The third-order valence-electron chi connectivity index (χ3n) is 5.69. The molecule has 0 radical (unpaired) electrons. The van der Waals surface area contributed by atoms with Gasteiger partial charge in [-0.25, -0.2) is 4.79 Å². The monoisotopic (exact) mass is 524 g/mol. The summed E-state index contributed by atoms with van der Waals surface area (Å²) in [6.45, 7) is 10.5. The molecule has 9 heteroatoms. The van der Waals surface area contributed by atoms with Crippen LogP contribution in [0.4, 0.5) is 10.5 Å². The van der Waals surface area contributed by atoms with Crippen LogP contribution in [0.5, 0.6) is 0 Å². The molecule has 2 unspecified atom stereocenters. The molecule has 2 aromatic carbocycles. The van der Waals surface area contributed by atoms with E-state index in [1.165, 1.54) is 4.90 Å². The molecule has 0 spiro atoms. The van der Waals surface area contributed by atoms with Crippen molar-refractivity contribution in [2.45, 2.75) is 65.6 Å². The van der Waals surface area contributed by atoms with Gasteiger partial charge in [0.25, 0.3) is 5.91 Å². The molecule has 8 nitrogen and oxygen atoms in total. The molecule has 0 saturated heterocycles. The van der Waals surface area contributed by atoms with E-state index < -0.39 is 35.6 Å². The van der Waals surface area contributed by atoms with Crippen LogP contribution in [0.25, 0.3) is 0 Å². The molecule has 198 valence electrons. The van der Waals surface area contributed by atoms with E-state index >= 15 is 0 Å². The van der Waals surface area contributed by atoms with E-state index in [1.54, 1.807) is 32.9 Å². The van der Waals surface area contributed by atoms with Gasteiger partial charge in [-0.1, -0.05) is 49.4 Å². The summed E-state index contributed by atoms with van der Waals surface area (Å²) in [4.78, 5) is 41.0. The summed E-state index contributed by atoms with van der Waals surface area (Å²) in [7, 11) is 0. The number of benzene rings is 2. The molecule has 2 aromatic rings. The van der Waals surface area contributed by atoms with Crippen LogP contribution in [0.1, 0.15) is 56.0 Å². The summed E-state index contributed by atoms with van der Waals surface area (Å²) in [5.74, 6) is -1.15. The highest BCUT2D eigenvalue weighted by atomic mass is 32.1. The summed E-state index contributed by atoms with van der Waals surface area (Å²) in [5, 5.41) is 15.1. The zero-order valence-electron chi connectivity index (χ0n) is 22.3. The number of aryl methyl sites for hydroxylation is 3. The van der Waals surface area contributed by atoms with Crippen molar-refractivity contribution in [2.75, 3.05) is 17.6 Å². The van der Waals surface area contributed by atoms with Gasteiger partial charge in [0.15, 0.2) is 0 Å². The molecular formula is C28H36N4O4S. The van der Waals surface area contributed by atoms with Crippen molar-refractivity contribution in [1.82, 2.24) is 10.2 Å².